The highest BCUT2D eigenvalue weighted by Gasteiger charge is 2.44. The maximum Gasteiger partial charge on any atom is 0.220 e. The fourth-order valence-corrected chi connectivity index (χ4v) is 8.22. The number of aliphatic hydroxyl groups is 5. The molecule has 1 aliphatic rings. The number of rotatable bonds is 45. The summed E-state index contributed by atoms with van der Waals surface area (Å²) in [6.45, 7) is 3.73. The molecule has 9 nitrogen and oxygen atoms in total. The SMILES string of the molecule is CCCCCCC/C=C\C/C=C\CCCCCCCCCCCCCCCCCC(=O)NC(COC1OC(CO)C(O)C(O)C1O)C(O)/C=C/CC/C=C/CC/C=C/CCCCCCC. The van der Waals surface area contributed by atoms with Crippen LogP contribution in [0.2, 0.25) is 0 Å². The van der Waals surface area contributed by atoms with Gasteiger partial charge >= 0.3 is 0 Å². The van der Waals surface area contributed by atoms with Crippen molar-refractivity contribution < 1.29 is 39.8 Å². The zero-order valence-corrected chi connectivity index (χ0v) is 41.7. The molecule has 6 N–H and O–H groups in total. The van der Waals surface area contributed by atoms with Crippen molar-refractivity contribution in [3.8, 4) is 0 Å². The average molecular weight is 916 g/mol. The first-order valence-electron chi connectivity index (χ1n) is 27.0. The van der Waals surface area contributed by atoms with Gasteiger partial charge in [-0.2, -0.15) is 0 Å². The summed E-state index contributed by atoms with van der Waals surface area (Å²) in [4.78, 5) is 13.0. The molecule has 0 radical (unpaired) electrons. The number of hydrogen-bond donors (Lipinski definition) is 6. The van der Waals surface area contributed by atoms with Crippen LogP contribution in [0.3, 0.4) is 0 Å². The third kappa shape index (κ3) is 35.7. The van der Waals surface area contributed by atoms with Crippen LogP contribution < -0.4 is 5.32 Å². The molecule has 1 aliphatic heterocycles. The highest BCUT2D eigenvalue weighted by atomic mass is 16.7. The van der Waals surface area contributed by atoms with E-state index in [2.05, 4.69) is 67.8 Å². The zero-order chi connectivity index (χ0) is 47.3. The van der Waals surface area contributed by atoms with Gasteiger partial charge in [0.2, 0.25) is 5.91 Å². The van der Waals surface area contributed by atoms with E-state index >= 15 is 0 Å². The Hall–Kier alpha value is -2.11. The van der Waals surface area contributed by atoms with E-state index in [9.17, 15) is 30.3 Å². The lowest BCUT2D eigenvalue weighted by Gasteiger charge is -2.40. The molecular weight excluding hydrogens is 815 g/mol. The number of nitrogens with one attached hydrogen (secondary N) is 1. The van der Waals surface area contributed by atoms with Crippen LogP contribution in [0.1, 0.15) is 232 Å². The molecule has 1 rings (SSSR count). The first-order chi connectivity index (χ1) is 31.8. The summed E-state index contributed by atoms with van der Waals surface area (Å²) in [5, 5.41) is 54.3. The van der Waals surface area contributed by atoms with E-state index in [-0.39, 0.29) is 12.5 Å². The van der Waals surface area contributed by atoms with Crippen molar-refractivity contribution in [1.29, 1.82) is 0 Å². The summed E-state index contributed by atoms with van der Waals surface area (Å²) in [6, 6.07) is -0.829. The van der Waals surface area contributed by atoms with Gasteiger partial charge in [0.15, 0.2) is 6.29 Å². The Morgan fingerprint density at radius 3 is 1.38 bits per heavy atom. The van der Waals surface area contributed by atoms with Crippen LogP contribution >= 0.6 is 0 Å². The molecule has 1 saturated heterocycles. The summed E-state index contributed by atoms with van der Waals surface area (Å²) < 4.78 is 11.2. The number of amides is 1. The maximum absolute atomic E-state index is 13.0. The second-order valence-electron chi connectivity index (χ2n) is 18.6. The quantitative estimate of drug-likeness (QED) is 0.0261. The molecule has 0 spiro atoms. The second-order valence-corrected chi connectivity index (χ2v) is 18.6. The Bertz CT molecular complexity index is 1200. The monoisotopic (exact) mass is 916 g/mol. The number of carbonyl (C=O) groups is 1. The molecule has 0 saturated carbocycles. The average Bonchev–Trinajstić information content (AvgIpc) is 3.31. The van der Waals surface area contributed by atoms with Crippen LogP contribution in [0.25, 0.3) is 0 Å². The third-order valence-electron chi connectivity index (χ3n) is 12.5. The number of allylic oxidation sites excluding steroid dienone is 9. The molecule has 0 aromatic heterocycles. The maximum atomic E-state index is 13.0. The molecule has 378 valence electrons. The van der Waals surface area contributed by atoms with E-state index in [1.54, 1.807) is 6.08 Å². The van der Waals surface area contributed by atoms with Gasteiger partial charge in [-0.25, -0.2) is 0 Å². The van der Waals surface area contributed by atoms with Crippen LogP contribution in [0.15, 0.2) is 60.8 Å². The second kappa shape index (κ2) is 45.7. The van der Waals surface area contributed by atoms with Gasteiger partial charge in [-0.3, -0.25) is 4.79 Å². The molecular formula is C56H101NO8. The molecule has 0 aromatic rings. The molecule has 9 heteroatoms. The first-order valence-corrected chi connectivity index (χ1v) is 27.0. The van der Waals surface area contributed by atoms with E-state index in [4.69, 9.17) is 9.47 Å². The molecule has 1 fully saturated rings. The van der Waals surface area contributed by atoms with Crippen LogP contribution in [-0.4, -0.2) is 87.5 Å². The van der Waals surface area contributed by atoms with Gasteiger partial charge in [0.25, 0.3) is 0 Å². The third-order valence-corrected chi connectivity index (χ3v) is 12.5. The van der Waals surface area contributed by atoms with Crippen LogP contribution in [0, 0.1) is 0 Å². The summed E-state index contributed by atoms with van der Waals surface area (Å²) in [5.41, 5.74) is 0. The largest absolute Gasteiger partial charge is 0.394 e. The topological polar surface area (TPSA) is 149 Å². The van der Waals surface area contributed by atoms with Crippen molar-refractivity contribution in [3.05, 3.63) is 60.8 Å². The number of ether oxygens (including phenoxy) is 2. The predicted molar refractivity (Wildman–Crippen MR) is 272 cm³/mol. The minimum Gasteiger partial charge on any atom is -0.394 e. The Morgan fingerprint density at radius 1 is 0.523 bits per heavy atom. The van der Waals surface area contributed by atoms with Gasteiger partial charge in [0.1, 0.15) is 24.4 Å². The molecule has 0 aliphatic carbocycles. The Labute approximate surface area is 398 Å². The van der Waals surface area contributed by atoms with Crippen molar-refractivity contribution in [2.45, 2.75) is 275 Å². The van der Waals surface area contributed by atoms with E-state index < -0.39 is 49.5 Å². The molecule has 1 heterocycles. The molecule has 7 unspecified atom stereocenters. The highest BCUT2D eigenvalue weighted by molar-refractivity contribution is 5.76. The van der Waals surface area contributed by atoms with E-state index in [0.717, 1.165) is 57.8 Å². The van der Waals surface area contributed by atoms with Gasteiger partial charge in [-0.05, 0) is 77.0 Å². The first kappa shape index (κ1) is 60.9. The summed E-state index contributed by atoms with van der Waals surface area (Å²) in [6.07, 6.45) is 54.2. The van der Waals surface area contributed by atoms with Crippen LogP contribution in [0.4, 0.5) is 0 Å². The van der Waals surface area contributed by atoms with Crippen molar-refractivity contribution >= 4 is 5.91 Å². The minimum atomic E-state index is -1.58. The van der Waals surface area contributed by atoms with E-state index in [0.29, 0.717) is 6.42 Å². The van der Waals surface area contributed by atoms with Gasteiger partial charge in [0.05, 0.1) is 25.4 Å². The number of aliphatic hydroxyl groups excluding tert-OH is 5. The standard InChI is InChI=1S/C56H101NO8/c1-3-5-7-9-11-13-15-17-19-20-21-22-23-24-25-26-27-28-29-30-32-34-36-38-40-42-44-46-52(60)57-49(48-64-56-55(63)54(62)53(61)51(47-58)65-56)50(59)45-43-41-39-37-35-33-31-18-16-14-12-10-8-6-4-2/h15-18,20-21,35,37,43,45,49-51,53-56,58-59,61-63H,3-14,19,22-34,36,38-42,44,46-48H2,1-2H3,(H,57,60)/b17-15-,18-16+,21-20-,37-35+,45-43+. The predicted octanol–water partition coefficient (Wildman–Crippen LogP) is 12.7. The summed E-state index contributed by atoms with van der Waals surface area (Å²) >= 11 is 0. The van der Waals surface area contributed by atoms with Crippen molar-refractivity contribution in [3.63, 3.8) is 0 Å². The summed E-state index contributed by atoms with van der Waals surface area (Å²) in [7, 11) is 0. The van der Waals surface area contributed by atoms with E-state index in [1.807, 2.05) is 6.08 Å². The fraction of sp³-hybridized carbons (Fsp3) is 0.804. The van der Waals surface area contributed by atoms with Crippen molar-refractivity contribution in [2.75, 3.05) is 13.2 Å². The molecule has 1 amide bonds. The lowest BCUT2D eigenvalue weighted by atomic mass is 9.99. The van der Waals surface area contributed by atoms with Crippen LogP contribution in [-0.2, 0) is 14.3 Å². The summed E-state index contributed by atoms with van der Waals surface area (Å²) in [5.74, 6) is -0.192. The fourth-order valence-electron chi connectivity index (χ4n) is 8.22. The number of unbranched alkanes of at least 4 members (excludes halogenated alkanes) is 27. The van der Waals surface area contributed by atoms with Gasteiger partial charge in [-0.15, -0.1) is 0 Å². The molecule has 0 bridgehead atoms. The lowest BCUT2D eigenvalue weighted by molar-refractivity contribution is -0.302. The van der Waals surface area contributed by atoms with Gasteiger partial charge < -0.3 is 40.3 Å². The lowest BCUT2D eigenvalue weighted by Crippen LogP contribution is -2.60. The van der Waals surface area contributed by atoms with Crippen molar-refractivity contribution in [2.24, 2.45) is 0 Å². The molecule has 7 atom stereocenters. The van der Waals surface area contributed by atoms with E-state index in [1.165, 1.54) is 154 Å². The number of carbonyl (C=O) groups excluding carboxylic acids is 1. The Kier molecular flexibility index (Phi) is 42.8. The Balaban J connectivity index is 2.23. The van der Waals surface area contributed by atoms with Crippen molar-refractivity contribution in [1.82, 2.24) is 5.32 Å². The molecule has 0 aromatic carbocycles. The molecule has 65 heavy (non-hydrogen) atoms. The van der Waals surface area contributed by atoms with Gasteiger partial charge in [0, 0.05) is 6.42 Å². The minimum absolute atomic E-state index is 0.192. The zero-order valence-electron chi connectivity index (χ0n) is 41.7. The number of hydrogen-bond acceptors (Lipinski definition) is 8. The normalized spacial score (nSPS) is 20.4. The van der Waals surface area contributed by atoms with Crippen LogP contribution in [0.5, 0.6) is 0 Å². The smallest absolute Gasteiger partial charge is 0.220 e. The Morgan fingerprint density at radius 2 is 0.923 bits per heavy atom. The van der Waals surface area contributed by atoms with Gasteiger partial charge in [-0.1, -0.05) is 209 Å². The highest BCUT2D eigenvalue weighted by Crippen LogP contribution is 2.23.